The van der Waals surface area contributed by atoms with Crippen molar-refractivity contribution in [3.05, 3.63) is 29.8 Å². The first-order valence-electron chi connectivity index (χ1n) is 6.71. The number of nitrogens with one attached hydrogen (secondary N) is 3. The van der Waals surface area contributed by atoms with E-state index in [4.69, 9.17) is 4.74 Å². The molecule has 1 aromatic rings. The number of hydrogen-bond acceptors (Lipinski definition) is 4. The summed E-state index contributed by atoms with van der Waals surface area (Å²) >= 11 is 0. The lowest BCUT2D eigenvalue weighted by Gasteiger charge is -2.22. The Hall–Kier alpha value is -1.92. The van der Waals surface area contributed by atoms with Gasteiger partial charge in [-0.3, -0.25) is 9.59 Å². The standard InChI is InChI=1S/C14H19N3O3/c1-2-15-13(18)10-4-3-5-11(8-10)17-14(19)12-9-20-7-6-16-12/h3-5,8,12,16H,2,6-7,9H2,1H3,(H,15,18)(H,17,19). The lowest BCUT2D eigenvalue weighted by molar-refractivity contribution is -0.120. The number of carbonyl (C=O) groups excluding carboxylic acids is 2. The quantitative estimate of drug-likeness (QED) is 0.742. The van der Waals surface area contributed by atoms with E-state index in [1.54, 1.807) is 24.3 Å². The second kappa shape index (κ2) is 7.02. The van der Waals surface area contributed by atoms with Crippen LogP contribution < -0.4 is 16.0 Å². The van der Waals surface area contributed by atoms with Crippen molar-refractivity contribution in [1.29, 1.82) is 0 Å². The van der Waals surface area contributed by atoms with Crippen LogP contribution in [0.1, 0.15) is 17.3 Å². The van der Waals surface area contributed by atoms with Gasteiger partial charge >= 0.3 is 0 Å². The number of carbonyl (C=O) groups is 2. The summed E-state index contributed by atoms with van der Waals surface area (Å²) in [6.45, 7) is 4.08. The van der Waals surface area contributed by atoms with Crippen LogP contribution in [-0.4, -0.2) is 44.2 Å². The number of rotatable bonds is 4. The number of morpholine rings is 1. The summed E-state index contributed by atoms with van der Waals surface area (Å²) < 4.78 is 5.25. The monoisotopic (exact) mass is 277 g/mol. The van der Waals surface area contributed by atoms with Crippen LogP contribution in [-0.2, 0) is 9.53 Å². The third kappa shape index (κ3) is 3.79. The first-order chi connectivity index (χ1) is 9.70. The van der Waals surface area contributed by atoms with Crippen molar-refractivity contribution in [1.82, 2.24) is 10.6 Å². The number of anilines is 1. The molecule has 6 nitrogen and oxygen atoms in total. The minimum absolute atomic E-state index is 0.150. The first-order valence-corrected chi connectivity index (χ1v) is 6.71. The average Bonchev–Trinajstić information content (AvgIpc) is 2.48. The van der Waals surface area contributed by atoms with Gasteiger partial charge in [0.15, 0.2) is 0 Å². The third-order valence-corrected chi connectivity index (χ3v) is 2.97. The molecule has 1 aliphatic heterocycles. The third-order valence-electron chi connectivity index (χ3n) is 2.97. The molecule has 1 aromatic carbocycles. The number of benzene rings is 1. The van der Waals surface area contributed by atoms with E-state index in [-0.39, 0.29) is 17.9 Å². The zero-order valence-corrected chi connectivity index (χ0v) is 11.4. The summed E-state index contributed by atoms with van der Waals surface area (Å²) in [6.07, 6.45) is 0. The van der Waals surface area contributed by atoms with E-state index < -0.39 is 0 Å². The lowest BCUT2D eigenvalue weighted by atomic mass is 10.1. The maximum Gasteiger partial charge on any atom is 0.251 e. The zero-order valence-electron chi connectivity index (χ0n) is 11.4. The maximum absolute atomic E-state index is 12.0. The molecule has 0 bridgehead atoms. The molecule has 1 saturated heterocycles. The van der Waals surface area contributed by atoms with Gasteiger partial charge < -0.3 is 20.7 Å². The topological polar surface area (TPSA) is 79.5 Å². The van der Waals surface area contributed by atoms with Crippen molar-refractivity contribution in [3.63, 3.8) is 0 Å². The molecule has 20 heavy (non-hydrogen) atoms. The lowest BCUT2D eigenvalue weighted by Crippen LogP contribution is -2.48. The molecule has 1 unspecified atom stereocenters. The molecule has 1 aliphatic rings. The molecule has 3 N–H and O–H groups in total. The molecule has 0 aliphatic carbocycles. The van der Waals surface area contributed by atoms with Gasteiger partial charge in [0.05, 0.1) is 13.2 Å². The molecular weight excluding hydrogens is 258 g/mol. The van der Waals surface area contributed by atoms with E-state index in [0.717, 1.165) is 0 Å². The Morgan fingerprint density at radius 1 is 1.45 bits per heavy atom. The highest BCUT2D eigenvalue weighted by Gasteiger charge is 2.21. The summed E-state index contributed by atoms with van der Waals surface area (Å²) in [6, 6.07) is 6.52. The Labute approximate surface area is 117 Å². The molecule has 108 valence electrons. The van der Waals surface area contributed by atoms with E-state index in [9.17, 15) is 9.59 Å². The van der Waals surface area contributed by atoms with Gasteiger partial charge in [0.25, 0.3) is 5.91 Å². The number of hydrogen-bond donors (Lipinski definition) is 3. The van der Waals surface area contributed by atoms with Crippen LogP contribution in [0.5, 0.6) is 0 Å². The van der Waals surface area contributed by atoms with Crippen LogP contribution in [0.4, 0.5) is 5.69 Å². The van der Waals surface area contributed by atoms with Gasteiger partial charge in [-0.05, 0) is 25.1 Å². The zero-order chi connectivity index (χ0) is 14.4. The Kier molecular flexibility index (Phi) is 5.09. The molecule has 2 amide bonds. The summed E-state index contributed by atoms with van der Waals surface area (Å²) in [5, 5.41) is 8.59. The predicted octanol–water partition coefficient (Wildman–Crippen LogP) is 0.363. The second-order valence-corrected chi connectivity index (χ2v) is 4.51. The van der Waals surface area contributed by atoms with Crippen LogP contribution in [0.2, 0.25) is 0 Å². The highest BCUT2D eigenvalue weighted by Crippen LogP contribution is 2.11. The molecule has 1 atom stereocenters. The van der Waals surface area contributed by atoms with Crippen molar-refractivity contribution in [2.24, 2.45) is 0 Å². The normalized spacial score (nSPS) is 18.4. The molecule has 0 spiro atoms. The fraction of sp³-hybridized carbons (Fsp3) is 0.429. The highest BCUT2D eigenvalue weighted by atomic mass is 16.5. The predicted molar refractivity (Wildman–Crippen MR) is 75.7 cm³/mol. The maximum atomic E-state index is 12.0. The fourth-order valence-corrected chi connectivity index (χ4v) is 1.96. The summed E-state index contributed by atoms with van der Waals surface area (Å²) in [7, 11) is 0. The average molecular weight is 277 g/mol. The van der Waals surface area contributed by atoms with Crippen LogP contribution >= 0.6 is 0 Å². The van der Waals surface area contributed by atoms with Crippen LogP contribution in [0.3, 0.4) is 0 Å². The van der Waals surface area contributed by atoms with Crippen molar-refractivity contribution in [2.45, 2.75) is 13.0 Å². The molecule has 0 radical (unpaired) electrons. The minimum atomic E-state index is -0.350. The molecule has 2 rings (SSSR count). The van der Waals surface area contributed by atoms with Gasteiger partial charge in [-0.15, -0.1) is 0 Å². The Bertz CT molecular complexity index is 484. The van der Waals surface area contributed by atoms with Gasteiger partial charge in [-0.2, -0.15) is 0 Å². The molecule has 1 heterocycles. The number of amides is 2. The Balaban J connectivity index is 2.00. The molecule has 6 heteroatoms. The van der Waals surface area contributed by atoms with Crippen molar-refractivity contribution >= 4 is 17.5 Å². The molecule has 0 aromatic heterocycles. The Morgan fingerprint density at radius 3 is 3.00 bits per heavy atom. The van der Waals surface area contributed by atoms with Crippen molar-refractivity contribution in [3.8, 4) is 0 Å². The van der Waals surface area contributed by atoms with E-state index in [1.165, 1.54) is 0 Å². The van der Waals surface area contributed by atoms with Crippen LogP contribution in [0, 0.1) is 0 Å². The fourth-order valence-electron chi connectivity index (χ4n) is 1.96. The minimum Gasteiger partial charge on any atom is -0.378 e. The van der Waals surface area contributed by atoms with Gasteiger partial charge in [-0.1, -0.05) is 6.07 Å². The smallest absolute Gasteiger partial charge is 0.251 e. The van der Waals surface area contributed by atoms with Crippen LogP contribution in [0.15, 0.2) is 24.3 Å². The van der Waals surface area contributed by atoms with Gasteiger partial charge in [0.1, 0.15) is 6.04 Å². The van der Waals surface area contributed by atoms with Gasteiger partial charge in [-0.25, -0.2) is 0 Å². The summed E-state index contributed by atoms with van der Waals surface area (Å²) in [5.74, 6) is -0.305. The SMILES string of the molecule is CCNC(=O)c1cccc(NC(=O)C2COCCN2)c1. The summed E-state index contributed by atoms with van der Waals surface area (Å²) in [4.78, 5) is 23.7. The van der Waals surface area contributed by atoms with Gasteiger partial charge in [0.2, 0.25) is 5.91 Å². The van der Waals surface area contributed by atoms with E-state index in [1.807, 2.05) is 6.92 Å². The van der Waals surface area contributed by atoms with Crippen molar-refractivity contribution in [2.75, 3.05) is 31.6 Å². The largest absolute Gasteiger partial charge is 0.378 e. The first kappa shape index (κ1) is 14.5. The Morgan fingerprint density at radius 2 is 2.30 bits per heavy atom. The highest BCUT2D eigenvalue weighted by molar-refractivity contribution is 5.98. The molecular formula is C14H19N3O3. The molecule has 1 fully saturated rings. The van der Waals surface area contributed by atoms with E-state index >= 15 is 0 Å². The number of ether oxygens (including phenoxy) is 1. The van der Waals surface area contributed by atoms with E-state index in [2.05, 4.69) is 16.0 Å². The summed E-state index contributed by atoms with van der Waals surface area (Å²) in [5.41, 5.74) is 1.13. The van der Waals surface area contributed by atoms with Crippen LogP contribution in [0.25, 0.3) is 0 Å². The van der Waals surface area contributed by atoms with Crippen molar-refractivity contribution < 1.29 is 14.3 Å². The molecule has 0 saturated carbocycles. The van der Waals surface area contributed by atoms with E-state index in [0.29, 0.717) is 37.6 Å². The van der Waals surface area contributed by atoms with Gasteiger partial charge in [0, 0.05) is 24.3 Å². The second-order valence-electron chi connectivity index (χ2n) is 4.51.